The third kappa shape index (κ3) is 66.4. The van der Waals surface area contributed by atoms with Crippen LogP contribution >= 0.6 is 38.2 Å². The third-order valence-corrected chi connectivity index (χ3v) is 0. The molecule has 0 aromatic heterocycles. The molecular formula is CH4BrIO2S. The number of hydrogen-bond donors (Lipinski definition) is 0. The van der Waals surface area contributed by atoms with Crippen LogP contribution in [0.25, 0.3) is 0 Å². The van der Waals surface area contributed by atoms with Gasteiger partial charge in [-0.05, 0) is 0 Å². The van der Waals surface area contributed by atoms with Gasteiger partial charge in [0.05, 0.1) is 21.2 Å². The molecule has 0 fully saturated rings. The molecule has 40 valence electrons. The highest BCUT2D eigenvalue weighted by atomic mass is 127. The van der Waals surface area contributed by atoms with Gasteiger partial charge in [-0.1, -0.05) is 0 Å². The molecule has 0 heterocycles. The van der Waals surface area contributed by atoms with Crippen LogP contribution in [0.2, 0.25) is 0 Å². The fourth-order valence-electron chi connectivity index (χ4n) is 0. The lowest BCUT2D eigenvalue weighted by atomic mass is 12.0. The van der Waals surface area contributed by atoms with E-state index in [2.05, 4.69) is 0 Å². The van der Waals surface area contributed by atoms with Crippen LogP contribution in [0.5, 0.6) is 0 Å². The van der Waals surface area contributed by atoms with Gasteiger partial charge in [0.25, 0.3) is 0 Å². The molecule has 0 aliphatic carbocycles. The highest BCUT2D eigenvalue weighted by molar-refractivity contribution is 14.2. The highest BCUT2D eigenvalue weighted by Gasteiger charge is 1.82. The standard InChI is InChI=1S/CH3IO2S.BrH/c1-5(2,3)4;/h1H3;1H. The average Bonchev–Trinajstić information content (AvgIpc) is 0.722. The molecule has 0 saturated carbocycles. The topological polar surface area (TPSA) is 34.1 Å². The molecule has 0 unspecified atom stereocenters. The Hall–Kier alpha value is 1.16. The van der Waals surface area contributed by atoms with E-state index in [0.717, 1.165) is 6.26 Å². The molecule has 0 aromatic carbocycles. The van der Waals surface area contributed by atoms with Crippen molar-refractivity contribution in [3.8, 4) is 0 Å². The highest BCUT2D eigenvalue weighted by Crippen LogP contribution is 1.90. The zero-order chi connectivity index (χ0) is 4.50. The zero-order valence-corrected chi connectivity index (χ0v) is 7.70. The molecule has 0 spiro atoms. The van der Waals surface area contributed by atoms with Crippen molar-refractivity contribution in [2.45, 2.75) is 0 Å². The fourth-order valence-corrected chi connectivity index (χ4v) is 0. The van der Waals surface area contributed by atoms with Crippen LogP contribution in [0.15, 0.2) is 0 Å². The van der Waals surface area contributed by atoms with Crippen molar-refractivity contribution < 1.29 is 8.42 Å². The van der Waals surface area contributed by atoms with Crippen LogP contribution in [0.1, 0.15) is 0 Å². The van der Waals surface area contributed by atoms with Gasteiger partial charge in [-0.2, -0.15) is 0 Å². The van der Waals surface area contributed by atoms with Crippen molar-refractivity contribution in [1.29, 1.82) is 0 Å². The van der Waals surface area contributed by atoms with E-state index in [-0.39, 0.29) is 17.0 Å². The van der Waals surface area contributed by atoms with E-state index in [1.165, 1.54) is 21.2 Å². The van der Waals surface area contributed by atoms with Gasteiger partial charge in [-0.3, -0.25) is 0 Å². The number of rotatable bonds is 0. The molecule has 0 bridgehead atoms. The summed E-state index contributed by atoms with van der Waals surface area (Å²) in [6.45, 7) is 0. The smallest absolute Gasteiger partial charge is 0.200 e. The summed E-state index contributed by atoms with van der Waals surface area (Å²) in [7, 11) is -2.70. The van der Waals surface area contributed by atoms with Gasteiger partial charge in [0.15, 0.2) is 7.01 Å². The van der Waals surface area contributed by atoms with Crippen LogP contribution in [0.3, 0.4) is 0 Å². The Labute approximate surface area is 59.6 Å². The minimum Gasteiger partial charge on any atom is -0.219 e. The Morgan fingerprint density at radius 1 is 1.50 bits per heavy atom. The van der Waals surface area contributed by atoms with Crippen molar-refractivity contribution in [2.24, 2.45) is 0 Å². The maximum Gasteiger partial charge on any atom is 0.200 e. The Balaban J connectivity index is 0. The van der Waals surface area contributed by atoms with Gasteiger partial charge in [0, 0.05) is 6.26 Å². The average molecular weight is 287 g/mol. The van der Waals surface area contributed by atoms with Crippen molar-refractivity contribution in [3.05, 3.63) is 0 Å². The van der Waals surface area contributed by atoms with E-state index in [0.29, 0.717) is 0 Å². The Morgan fingerprint density at radius 3 is 1.50 bits per heavy atom. The van der Waals surface area contributed by atoms with Crippen molar-refractivity contribution in [2.75, 3.05) is 6.26 Å². The SMILES string of the molecule is Br.CS(=O)(=O)I. The quantitative estimate of drug-likeness (QED) is 0.491. The van der Waals surface area contributed by atoms with Gasteiger partial charge in [0.1, 0.15) is 0 Å². The van der Waals surface area contributed by atoms with Crippen molar-refractivity contribution in [3.63, 3.8) is 0 Å². The lowest BCUT2D eigenvalue weighted by Crippen LogP contribution is -1.74. The Kier molecular flexibility index (Phi) is 5.44. The maximum atomic E-state index is 9.62. The van der Waals surface area contributed by atoms with E-state index >= 15 is 0 Å². The maximum absolute atomic E-state index is 9.62. The van der Waals surface area contributed by atoms with Crippen LogP contribution in [0.4, 0.5) is 0 Å². The molecule has 0 rings (SSSR count). The summed E-state index contributed by atoms with van der Waals surface area (Å²) in [5.41, 5.74) is 0. The normalized spacial score (nSPS) is 9.67. The predicted molar refractivity (Wildman–Crippen MR) is 39.2 cm³/mol. The summed E-state index contributed by atoms with van der Waals surface area (Å²) in [4.78, 5) is 0. The molecule has 0 N–H and O–H groups in total. The molecule has 0 atom stereocenters. The molecule has 2 nitrogen and oxygen atoms in total. The summed E-state index contributed by atoms with van der Waals surface area (Å²) >= 11 is 1.35. The van der Waals surface area contributed by atoms with E-state index < -0.39 is 7.01 Å². The second-order valence-electron chi connectivity index (χ2n) is 0.682. The molecule has 6 heavy (non-hydrogen) atoms. The summed E-state index contributed by atoms with van der Waals surface area (Å²) in [6, 6.07) is 0. The molecule has 0 radical (unpaired) electrons. The van der Waals surface area contributed by atoms with Crippen LogP contribution in [-0.2, 0) is 7.01 Å². The largest absolute Gasteiger partial charge is 0.219 e. The van der Waals surface area contributed by atoms with Crippen LogP contribution in [0, 0.1) is 0 Å². The lowest BCUT2D eigenvalue weighted by Gasteiger charge is -1.66. The Bertz CT molecular complexity index is 96.7. The third-order valence-electron chi connectivity index (χ3n) is 0. The first-order valence-corrected chi connectivity index (χ1v) is 5.33. The van der Waals surface area contributed by atoms with E-state index in [4.69, 9.17) is 0 Å². The van der Waals surface area contributed by atoms with Crippen molar-refractivity contribution in [1.82, 2.24) is 0 Å². The molecule has 0 aliphatic heterocycles. The van der Waals surface area contributed by atoms with E-state index in [1.54, 1.807) is 0 Å². The van der Waals surface area contributed by atoms with Gasteiger partial charge < -0.3 is 0 Å². The molecule has 0 aromatic rings. The molecule has 0 saturated heterocycles. The molecule has 0 aliphatic rings. The summed E-state index contributed by atoms with van der Waals surface area (Å²) in [5, 5.41) is 0. The summed E-state index contributed by atoms with van der Waals surface area (Å²) in [6.07, 6.45) is 1.15. The second-order valence-corrected chi connectivity index (χ2v) is 6.84. The lowest BCUT2D eigenvalue weighted by molar-refractivity contribution is 0.617. The van der Waals surface area contributed by atoms with Crippen molar-refractivity contribution >= 4 is 45.2 Å². The van der Waals surface area contributed by atoms with Gasteiger partial charge in [-0.15, -0.1) is 17.0 Å². The summed E-state index contributed by atoms with van der Waals surface area (Å²) < 4.78 is 19.2. The molecular weight excluding hydrogens is 283 g/mol. The van der Waals surface area contributed by atoms with Crippen LogP contribution in [-0.4, -0.2) is 14.7 Å². The van der Waals surface area contributed by atoms with Gasteiger partial charge in [-0.25, -0.2) is 8.42 Å². The fraction of sp³-hybridized carbons (Fsp3) is 1.00. The molecule has 0 amide bonds. The van der Waals surface area contributed by atoms with Gasteiger partial charge in [0.2, 0.25) is 0 Å². The van der Waals surface area contributed by atoms with E-state index in [1.807, 2.05) is 0 Å². The Morgan fingerprint density at radius 2 is 1.50 bits per heavy atom. The predicted octanol–water partition coefficient (Wildman–Crippen LogP) is 0.959. The monoisotopic (exact) mass is 286 g/mol. The number of halogens is 2. The zero-order valence-electron chi connectivity index (χ0n) is 3.01. The first-order valence-electron chi connectivity index (χ1n) is 0.896. The minimum atomic E-state index is -2.70. The molecule has 5 heteroatoms. The second kappa shape index (κ2) is 3.20. The van der Waals surface area contributed by atoms with Crippen LogP contribution < -0.4 is 0 Å². The van der Waals surface area contributed by atoms with Gasteiger partial charge >= 0.3 is 0 Å². The number of hydrogen-bond acceptors (Lipinski definition) is 2. The van der Waals surface area contributed by atoms with E-state index in [9.17, 15) is 8.42 Å². The minimum absolute atomic E-state index is 0. The first kappa shape index (κ1) is 10.2. The summed E-state index contributed by atoms with van der Waals surface area (Å²) in [5.74, 6) is 0. The first-order chi connectivity index (χ1) is 2.00.